The molecule has 2 heterocycles. The van der Waals surface area contributed by atoms with Crippen LogP contribution in [0.2, 0.25) is 0 Å². The van der Waals surface area contributed by atoms with Gasteiger partial charge in [-0.3, -0.25) is 4.79 Å². The summed E-state index contributed by atoms with van der Waals surface area (Å²) in [5, 5.41) is 7.18. The van der Waals surface area contributed by atoms with Gasteiger partial charge >= 0.3 is 0 Å². The molecular formula is C14H23N5OS. The Morgan fingerprint density at radius 2 is 2.19 bits per heavy atom. The van der Waals surface area contributed by atoms with Crippen LogP contribution in [0, 0.1) is 0 Å². The molecule has 3 rings (SSSR count). The Hall–Kier alpha value is -1.34. The maximum absolute atomic E-state index is 12.2. The molecule has 1 aliphatic carbocycles. The molecule has 1 saturated carbocycles. The molecule has 6 nitrogen and oxygen atoms in total. The highest BCUT2D eigenvalue weighted by Gasteiger charge is 2.28. The zero-order valence-electron chi connectivity index (χ0n) is 12.4. The van der Waals surface area contributed by atoms with Gasteiger partial charge < -0.3 is 21.3 Å². The lowest BCUT2D eigenvalue weighted by atomic mass is 10.2. The van der Waals surface area contributed by atoms with Gasteiger partial charge in [0.2, 0.25) is 0 Å². The Bertz CT molecular complexity index is 507. The van der Waals surface area contributed by atoms with Crippen LogP contribution in [0.4, 0.5) is 10.8 Å². The lowest BCUT2D eigenvalue weighted by Gasteiger charge is -2.21. The second kappa shape index (κ2) is 6.19. The molecule has 1 aromatic rings. The number of nitrogen functional groups attached to an aromatic ring is 1. The Labute approximate surface area is 129 Å². The van der Waals surface area contributed by atoms with Crippen molar-refractivity contribution in [2.24, 2.45) is 0 Å². The van der Waals surface area contributed by atoms with Gasteiger partial charge in [0.15, 0.2) is 5.82 Å². The van der Waals surface area contributed by atoms with Gasteiger partial charge in [0.05, 0.1) is 0 Å². The van der Waals surface area contributed by atoms with Gasteiger partial charge in [-0.1, -0.05) is 0 Å². The number of nitrogens with two attached hydrogens (primary N) is 1. The van der Waals surface area contributed by atoms with Crippen LogP contribution in [-0.4, -0.2) is 46.9 Å². The van der Waals surface area contributed by atoms with Crippen molar-refractivity contribution in [2.45, 2.75) is 44.7 Å². The Kier molecular flexibility index (Phi) is 4.30. The molecule has 1 aliphatic heterocycles. The number of hydrogen-bond donors (Lipinski definition) is 3. The summed E-state index contributed by atoms with van der Waals surface area (Å²) < 4.78 is 4.13. The van der Waals surface area contributed by atoms with Gasteiger partial charge in [0.1, 0.15) is 10.6 Å². The topological polar surface area (TPSA) is 83.3 Å². The predicted octanol–water partition coefficient (Wildman–Crippen LogP) is 1.51. The van der Waals surface area contributed by atoms with Gasteiger partial charge in [-0.05, 0) is 57.2 Å². The van der Waals surface area contributed by atoms with E-state index in [-0.39, 0.29) is 11.9 Å². The number of carbonyl (C=O) groups is 1. The van der Waals surface area contributed by atoms with Gasteiger partial charge in [0, 0.05) is 18.6 Å². The summed E-state index contributed by atoms with van der Waals surface area (Å²) in [5.41, 5.74) is 6.38. The van der Waals surface area contributed by atoms with Crippen molar-refractivity contribution in [3.05, 3.63) is 5.56 Å². The summed E-state index contributed by atoms with van der Waals surface area (Å²) in [7, 11) is 0. The Morgan fingerprint density at radius 1 is 1.48 bits per heavy atom. The molecule has 7 heteroatoms. The van der Waals surface area contributed by atoms with Crippen LogP contribution in [0.15, 0.2) is 0 Å². The molecule has 2 aliphatic rings. The van der Waals surface area contributed by atoms with E-state index in [2.05, 4.69) is 26.8 Å². The fourth-order valence-electron chi connectivity index (χ4n) is 2.73. The number of nitrogens with zero attached hydrogens (tertiary/aromatic N) is 2. The Balaban J connectivity index is 1.62. The smallest absolute Gasteiger partial charge is 0.258 e. The molecule has 1 saturated heterocycles. The first kappa shape index (κ1) is 14.6. The number of anilines is 2. The van der Waals surface area contributed by atoms with E-state index in [9.17, 15) is 4.79 Å². The normalized spacial score (nSPS) is 20.4. The summed E-state index contributed by atoms with van der Waals surface area (Å²) in [6.45, 7) is 5.47. The van der Waals surface area contributed by atoms with Crippen molar-refractivity contribution in [2.75, 3.05) is 30.7 Å². The van der Waals surface area contributed by atoms with Gasteiger partial charge in [0.25, 0.3) is 5.91 Å². The summed E-state index contributed by atoms with van der Waals surface area (Å²) in [6, 6.07) is 0.599. The average molecular weight is 309 g/mol. The minimum absolute atomic E-state index is 0.0976. The van der Waals surface area contributed by atoms with Crippen LogP contribution in [-0.2, 0) is 0 Å². The van der Waals surface area contributed by atoms with E-state index in [4.69, 9.17) is 5.73 Å². The molecule has 1 atom stereocenters. The number of nitrogens with one attached hydrogen (secondary N) is 2. The summed E-state index contributed by atoms with van der Waals surface area (Å²) >= 11 is 1.27. The van der Waals surface area contributed by atoms with Gasteiger partial charge in [-0.25, -0.2) is 0 Å². The van der Waals surface area contributed by atoms with E-state index in [0.29, 0.717) is 17.4 Å². The maximum atomic E-state index is 12.2. The highest BCUT2D eigenvalue weighted by atomic mass is 32.1. The first-order valence-corrected chi connectivity index (χ1v) is 8.45. The van der Waals surface area contributed by atoms with Crippen LogP contribution in [0.25, 0.3) is 0 Å². The van der Waals surface area contributed by atoms with Crippen molar-refractivity contribution in [1.29, 1.82) is 0 Å². The zero-order chi connectivity index (χ0) is 14.8. The van der Waals surface area contributed by atoms with E-state index in [0.717, 1.165) is 24.4 Å². The number of hydrogen-bond acceptors (Lipinski definition) is 6. The second-order valence-corrected chi connectivity index (χ2v) is 6.85. The van der Waals surface area contributed by atoms with Crippen molar-refractivity contribution in [1.82, 2.24) is 14.6 Å². The monoisotopic (exact) mass is 309 g/mol. The third-order valence-corrected chi connectivity index (χ3v) is 4.76. The van der Waals surface area contributed by atoms with Crippen LogP contribution < -0.4 is 16.4 Å². The lowest BCUT2D eigenvalue weighted by Crippen LogP contribution is -2.33. The first-order chi connectivity index (χ1) is 10.1. The van der Waals surface area contributed by atoms with E-state index < -0.39 is 0 Å². The van der Waals surface area contributed by atoms with Crippen LogP contribution in [0.3, 0.4) is 0 Å². The average Bonchev–Trinajstić information content (AvgIpc) is 2.95. The summed E-state index contributed by atoms with van der Waals surface area (Å²) in [5.74, 6) is 0.230. The van der Waals surface area contributed by atoms with E-state index in [1.807, 2.05) is 0 Å². The molecule has 0 spiro atoms. The molecule has 0 bridgehead atoms. The number of carbonyl (C=O) groups excluding carboxylic acids is 1. The molecule has 116 valence electrons. The fraction of sp³-hybridized carbons (Fsp3) is 0.714. The SMILES string of the molecule is CC(CN1CCCC1)Nc1snc(N)c1C(=O)NC1CC1. The van der Waals surface area contributed by atoms with Crippen molar-refractivity contribution < 1.29 is 4.79 Å². The van der Waals surface area contributed by atoms with E-state index in [1.165, 1.54) is 37.5 Å². The molecule has 4 N–H and O–H groups in total. The van der Waals surface area contributed by atoms with Crippen LogP contribution in [0.5, 0.6) is 0 Å². The number of likely N-dealkylation sites (tertiary alicyclic amines) is 1. The van der Waals surface area contributed by atoms with Crippen molar-refractivity contribution >= 4 is 28.3 Å². The molecule has 2 fully saturated rings. The minimum Gasteiger partial charge on any atom is -0.382 e. The zero-order valence-corrected chi connectivity index (χ0v) is 13.2. The predicted molar refractivity (Wildman–Crippen MR) is 85.8 cm³/mol. The molecule has 0 aromatic carbocycles. The third-order valence-electron chi connectivity index (χ3n) is 3.97. The molecule has 0 radical (unpaired) electrons. The number of amides is 1. The van der Waals surface area contributed by atoms with Crippen LogP contribution >= 0.6 is 11.5 Å². The first-order valence-electron chi connectivity index (χ1n) is 7.68. The Morgan fingerprint density at radius 3 is 2.86 bits per heavy atom. The maximum Gasteiger partial charge on any atom is 0.258 e. The second-order valence-electron chi connectivity index (χ2n) is 6.07. The summed E-state index contributed by atoms with van der Waals surface area (Å²) in [6.07, 6.45) is 4.71. The van der Waals surface area contributed by atoms with Crippen molar-refractivity contribution in [3.63, 3.8) is 0 Å². The molecule has 1 aromatic heterocycles. The molecular weight excluding hydrogens is 286 g/mol. The lowest BCUT2D eigenvalue weighted by molar-refractivity contribution is 0.0953. The third kappa shape index (κ3) is 3.65. The fourth-order valence-corrected chi connectivity index (χ4v) is 3.55. The van der Waals surface area contributed by atoms with Crippen molar-refractivity contribution in [3.8, 4) is 0 Å². The highest BCUT2D eigenvalue weighted by Crippen LogP contribution is 2.29. The minimum atomic E-state index is -0.0976. The van der Waals surface area contributed by atoms with Gasteiger partial charge in [-0.2, -0.15) is 4.37 Å². The molecule has 1 amide bonds. The van der Waals surface area contributed by atoms with Gasteiger partial charge in [-0.15, -0.1) is 0 Å². The number of aromatic nitrogens is 1. The molecule has 1 unspecified atom stereocenters. The number of rotatable bonds is 6. The highest BCUT2D eigenvalue weighted by molar-refractivity contribution is 7.11. The largest absolute Gasteiger partial charge is 0.382 e. The summed E-state index contributed by atoms with van der Waals surface area (Å²) in [4.78, 5) is 14.7. The van der Waals surface area contributed by atoms with Crippen LogP contribution in [0.1, 0.15) is 43.0 Å². The van der Waals surface area contributed by atoms with E-state index in [1.54, 1.807) is 0 Å². The quantitative estimate of drug-likeness (QED) is 0.742. The van der Waals surface area contributed by atoms with E-state index >= 15 is 0 Å². The standard InChI is InChI=1S/C14H23N5OS/c1-9(8-19-6-2-3-7-19)16-14-11(12(15)18-21-14)13(20)17-10-4-5-10/h9-10,16H,2-8H2,1H3,(H2,15,18)(H,17,20). The molecule has 21 heavy (non-hydrogen) atoms.